The van der Waals surface area contributed by atoms with Crippen molar-refractivity contribution >= 4 is 17.8 Å². The van der Waals surface area contributed by atoms with Crippen LogP contribution in [0.2, 0.25) is 0 Å². The summed E-state index contributed by atoms with van der Waals surface area (Å²) in [6, 6.07) is -1.11. The Kier molecular flexibility index (Phi) is 13.6. The first-order chi connectivity index (χ1) is 19.6. The van der Waals surface area contributed by atoms with Crippen molar-refractivity contribution in [3.05, 3.63) is 36.1 Å². The van der Waals surface area contributed by atoms with Crippen LogP contribution >= 0.6 is 0 Å². The number of nitrogens with two attached hydrogens (primary N) is 2. The lowest BCUT2D eigenvalue weighted by molar-refractivity contribution is -0.142. The Balaban J connectivity index is 1.95. The summed E-state index contributed by atoms with van der Waals surface area (Å²) in [5, 5.41) is 33.2. The van der Waals surface area contributed by atoms with Crippen LogP contribution in [-0.4, -0.2) is 64.1 Å². The number of ether oxygens (including phenoxy) is 1. The van der Waals surface area contributed by atoms with Gasteiger partial charge in [-0.1, -0.05) is 59.4 Å². The van der Waals surface area contributed by atoms with Gasteiger partial charge in [-0.05, 0) is 68.3 Å². The quantitative estimate of drug-likeness (QED) is 0.0643. The van der Waals surface area contributed by atoms with Crippen molar-refractivity contribution in [3.8, 4) is 0 Å². The van der Waals surface area contributed by atoms with E-state index in [1.807, 2.05) is 0 Å². The Morgan fingerprint density at radius 3 is 2.52 bits per heavy atom. The van der Waals surface area contributed by atoms with Crippen LogP contribution in [0.3, 0.4) is 0 Å². The number of nitrogens with zero attached hydrogens (tertiary/aromatic N) is 1. The number of guanidine groups is 1. The molecular formula is C32H54N4O6. The van der Waals surface area contributed by atoms with Gasteiger partial charge in [-0.2, -0.15) is 0 Å². The second kappa shape index (κ2) is 16.1. The molecule has 0 aromatic carbocycles. The van der Waals surface area contributed by atoms with Gasteiger partial charge in [0.1, 0.15) is 12.1 Å². The molecule has 0 heterocycles. The summed E-state index contributed by atoms with van der Waals surface area (Å²) >= 11 is 0. The van der Waals surface area contributed by atoms with Gasteiger partial charge in [-0.25, -0.2) is 4.79 Å². The van der Waals surface area contributed by atoms with Crippen LogP contribution < -0.4 is 16.8 Å². The van der Waals surface area contributed by atoms with Crippen molar-refractivity contribution in [1.82, 2.24) is 5.32 Å². The van der Waals surface area contributed by atoms with Crippen LogP contribution in [-0.2, 0) is 14.3 Å². The van der Waals surface area contributed by atoms with Gasteiger partial charge < -0.3 is 36.8 Å². The Bertz CT molecular complexity index is 1020. The van der Waals surface area contributed by atoms with E-state index in [1.165, 1.54) is 5.57 Å². The number of aliphatic carboxylic acids is 1. The SMILES string of the molecule is C=C(O[C@H]1C[C@@H](C)C=C2C=C[C@H](C)[C@H](CC[C@@H](O)C[C@@H](O)CC(=O)N[C@H](CCCN=C(N)N)C(=O)O)C21)C(C)(C)CC. The van der Waals surface area contributed by atoms with Gasteiger partial charge in [-0.15, -0.1) is 0 Å². The van der Waals surface area contributed by atoms with Gasteiger partial charge in [0.2, 0.25) is 5.91 Å². The maximum atomic E-state index is 12.4. The Hall–Kier alpha value is -2.85. The summed E-state index contributed by atoms with van der Waals surface area (Å²) in [5.41, 5.74) is 11.7. The monoisotopic (exact) mass is 590 g/mol. The van der Waals surface area contributed by atoms with E-state index in [0.717, 1.165) is 25.0 Å². The molecule has 10 nitrogen and oxygen atoms in total. The number of hydrogen-bond acceptors (Lipinski definition) is 6. The van der Waals surface area contributed by atoms with Crippen molar-refractivity contribution in [2.45, 2.75) is 110 Å². The number of allylic oxidation sites excluding steroid dienone is 4. The summed E-state index contributed by atoms with van der Waals surface area (Å²) in [4.78, 5) is 27.8. The van der Waals surface area contributed by atoms with Crippen LogP contribution in [0.4, 0.5) is 0 Å². The van der Waals surface area contributed by atoms with E-state index in [-0.39, 0.29) is 55.1 Å². The van der Waals surface area contributed by atoms with Crippen LogP contribution in [0, 0.1) is 29.1 Å². The number of aliphatic imine (C=N–C) groups is 1. The predicted molar refractivity (Wildman–Crippen MR) is 165 cm³/mol. The molecule has 2 rings (SSSR count). The fraction of sp³-hybridized carbons (Fsp3) is 0.719. The zero-order valence-electron chi connectivity index (χ0n) is 26.1. The van der Waals surface area contributed by atoms with Crippen molar-refractivity contribution in [2.75, 3.05) is 6.54 Å². The van der Waals surface area contributed by atoms with Crippen molar-refractivity contribution in [1.29, 1.82) is 0 Å². The first-order valence-corrected chi connectivity index (χ1v) is 15.3. The first-order valence-electron chi connectivity index (χ1n) is 15.3. The number of carboxylic acids is 1. The molecule has 0 saturated carbocycles. The Labute approximate surface area is 251 Å². The van der Waals surface area contributed by atoms with E-state index < -0.39 is 30.1 Å². The lowest BCUT2D eigenvalue weighted by Crippen LogP contribution is -2.42. The summed E-state index contributed by atoms with van der Waals surface area (Å²) in [5.74, 6) is 0.0941. The number of carbonyl (C=O) groups is 2. The number of amides is 1. The molecular weight excluding hydrogens is 536 g/mol. The molecule has 0 radical (unpaired) electrons. The van der Waals surface area contributed by atoms with E-state index in [2.05, 4.69) is 69.7 Å². The fourth-order valence-corrected chi connectivity index (χ4v) is 5.89. The molecule has 0 saturated heterocycles. The smallest absolute Gasteiger partial charge is 0.326 e. The first kappa shape index (κ1) is 35.3. The molecule has 8 atom stereocenters. The number of carboxylic acid groups (broad SMARTS) is 1. The highest BCUT2D eigenvalue weighted by Crippen LogP contribution is 2.46. The lowest BCUT2D eigenvalue weighted by Gasteiger charge is -2.45. The number of rotatable bonds is 17. The zero-order valence-corrected chi connectivity index (χ0v) is 26.1. The molecule has 238 valence electrons. The molecule has 42 heavy (non-hydrogen) atoms. The molecule has 0 aliphatic heterocycles. The second-order valence-corrected chi connectivity index (χ2v) is 12.8. The molecule has 0 aromatic heterocycles. The van der Waals surface area contributed by atoms with E-state index >= 15 is 0 Å². The maximum Gasteiger partial charge on any atom is 0.326 e. The minimum Gasteiger partial charge on any atom is -0.494 e. The minimum absolute atomic E-state index is 0.00352. The standard InChI is InChI=1S/C32H54N4O6/c1-7-32(5,6)21(4)42-27-16-19(2)15-22-11-10-20(3)25(29(22)27)13-12-23(37)17-24(38)18-28(39)36-26(30(40)41)9-8-14-35-31(33)34/h10-11,15,19-20,23-27,29,37-38H,4,7-9,12-14,16-18H2,1-3,5-6H3,(H,36,39)(H,40,41)(H4,33,34,35)/t19-,20-,23+,24+,25-,26+,27-,29?/m0/s1. The third-order valence-corrected chi connectivity index (χ3v) is 8.90. The number of aliphatic hydroxyl groups is 2. The number of nitrogens with one attached hydrogen (secondary N) is 1. The average Bonchev–Trinajstić information content (AvgIpc) is 2.89. The normalized spacial score (nSPS) is 25.8. The van der Waals surface area contributed by atoms with Crippen LogP contribution in [0.1, 0.15) is 86.0 Å². The van der Waals surface area contributed by atoms with Crippen LogP contribution in [0.25, 0.3) is 0 Å². The second-order valence-electron chi connectivity index (χ2n) is 12.8. The zero-order chi connectivity index (χ0) is 31.6. The number of aliphatic hydroxyl groups excluding tert-OH is 2. The molecule has 2 aliphatic carbocycles. The summed E-state index contributed by atoms with van der Waals surface area (Å²) in [6.45, 7) is 15.4. The third-order valence-electron chi connectivity index (χ3n) is 8.90. The lowest BCUT2D eigenvalue weighted by atomic mass is 9.65. The van der Waals surface area contributed by atoms with Gasteiger partial charge in [0.05, 0.1) is 24.4 Å². The number of fused-ring (bicyclic) bond motifs is 1. The molecule has 0 fully saturated rings. The highest BCUT2D eigenvalue weighted by molar-refractivity contribution is 5.83. The van der Waals surface area contributed by atoms with Gasteiger partial charge in [-0.3, -0.25) is 9.79 Å². The molecule has 1 amide bonds. The molecule has 10 heteroatoms. The number of carbonyl (C=O) groups excluding carboxylic acids is 1. The highest BCUT2D eigenvalue weighted by Gasteiger charge is 2.41. The largest absolute Gasteiger partial charge is 0.494 e. The Morgan fingerprint density at radius 1 is 1.21 bits per heavy atom. The number of hydrogen-bond donors (Lipinski definition) is 6. The predicted octanol–water partition coefficient (Wildman–Crippen LogP) is 3.63. The third kappa shape index (κ3) is 10.8. The van der Waals surface area contributed by atoms with E-state index in [4.69, 9.17) is 16.2 Å². The molecule has 1 unspecified atom stereocenters. The Morgan fingerprint density at radius 2 is 1.90 bits per heavy atom. The van der Waals surface area contributed by atoms with Crippen LogP contribution in [0.5, 0.6) is 0 Å². The molecule has 0 aromatic rings. The van der Waals surface area contributed by atoms with Gasteiger partial charge >= 0.3 is 5.97 Å². The van der Waals surface area contributed by atoms with Crippen LogP contribution in [0.15, 0.2) is 41.1 Å². The summed E-state index contributed by atoms with van der Waals surface area (Å²) < 4.78 is 6.59. The van der Waals surface area contributed by atoms with E-state index in [9.17, 15) is 24.9 Å². The topological polar surface area (TPSA) is 180 Å². The van der Waals surface area contributed by atoms with Gasteiger partial charge in [0, 0.05) is 17.9 Å². The molecule has 2 aliphatic rings. The summed E-state index contributed by atoms with van der Waals surface area (Å²) in [6.07, 6.45) is 8.19. The van der Waals surface area contributed by atoms with Crippen molar-refractivity contribution in [3.63, 3.8) is 0 Å². The van der Waals surface area contributed by atoms with Gasteiger partial charge in [0.25, 0.3) is 0 Å². The maximum absolute atomic E-state index is 12.4. The molecule has 0 bridgehead atoms. The minimum atomic E-state index is -1.17. The average molecular weight is 591 g/mol. The van der Waals surface area contributed by atoms with E-state index in [0.29, 0.717) is 24.7 Å². The van der Waals surface area contributed by atoms with Gasteiger partial charge in [0.15, 0.2) is 5.96 Å². The molecule has 0 spiro atoms. The summed E-state index contributed by atoms with van der Waals surface area (Å²) in [7, 11) is 0. The fourth-order valence-electron chi connectivity index (χ4n) is 5.89. The van der Waals surface area contributed by atoms with Crippen molar-refractivity contribution in [2.24, 2.45) is 45.5 Å². The molecule has 8 N–H and O–H groups in total. The highest BCUT2D eigenvalue weighted by atomic mass is 16.5. The van der Waals surface area contributed by atoms with E-state index in [1.54, 1.807) is 0 Å². The van der Waals surface area contributed by atoms with Crippen molar-refractivity contribution < 1.29 is 29.6 Å².